The maximum Gasteiger partial charge on any atom is 0.242 e. The summed E-state index contributed by atoms with van der Waals surface area (Å²) in [6.45, 7) is 3.35. The fourth-order valence-corrected chi connectivity index (χ4v) is 4.21. The lowest BCUT2D eigenvalue weighted by Crippen LogP contribution is -2.24. The number of aromatic nitrogens is 2. The van der Waals surface area contributed by atoms with Gasteiger partial charge < -0.3 is 14.6 Å². The lowest BCUT2D eigenvalue weighted by Gasteiger charge is -2.13. The average Bonchev–Trinajstić information content (AvgIpc) is 3.27. The van der Waals surface area contributed by atoms with E-state index < -0.39 is 10.0 Å². The number of anilines is 1. The van der Waals surface area contributed by atoms with Crippen LogP contribution in [0.15, 0.2) is 56.8 Å². The van der Waals surface area contributed by atoms with Gasteiger partial charge in [0.15, 0.2) is 0 Å². The summed E-state index contributed by atoms with van der Waals surface area (Å²) in [6.07, 6.45) is 1.85. The first-order valence-corrected chi connectivity index (χ1v) is 12.4. The van der Waals surface area contributed by atoms with E-state index in [9.17, 15) is 13.2 Å². The molecule has 0 bridgehead atoms. The summed E-state index contributed by atoms with van der Waals surface area (Å²) in [6, 6.07) is 11.7. The van der Waals surface area contributed by atoms with Crippen LogP contribution in [-0.2, 0) is 21.4 Å². The van der Waals surface area contributed by atoms with Crippen LogP contribution in [0.5, 0.6) is 5.75 Å². The first-order valence-electron chi connectivity index (χ1n) is 9.69. The van der Waals surface area contributed by atoms with Gasteiger partial charge in [0.2, 0.25) is 27.6 Å². The van der Waals surface area contributed by atoms with Crippen LogP contribution in [0.2, 0.25) is 0 Å². The zero-order chi connectivity index (χ0) is 23.3. The maximum atomic E-state index is 12.8. The van der Waals surface area contributed by atoms with E-state index >= 15 is 0 Å². The number of ether oxygens (including phenoxy) is 1. The van der Waals surface area contributed by atoms with Crippen molar-refractivity contribution in [1.29, 1.82) is 0 Å². The van der Waals surface area contributed by atoms with Gasteiger partial charge >= 0.3 is 0 Å². The van der Waals surface area contributed by atoms with E-state index in [0.29, 0.717) is 22.8 Å². The topological polar surface area (TPSA) is 123 Å². The predicted molar refractivity (Wildman–Crippen MR) is 122 cm³/mol. The fraction of sp³-hybridized carbons (Fsp3) is 0.286. The number of thioether (sulfide) groups is 1. The molecular formula is C21H24N4O5S2. The Labute approximate surface area is 191 Å². The van der Waals surface area contributed by atoms with E-state index in [-0.39, 0.29) is 29.2 Å². The second-order valence-electron chi connectivity index (χ2n) is 7.07. The van der Waals surface area contributed by atoms with Crippen LogP contribution in [0.1, 0.15) is 19.7 Å². The van der Waals surface area contributed by atoms with Crippen LogP contribution in [0, 0.1) is 5.92 Å². The quantitative estimate of drug-likeness (QED) is 0.450. The number of hydrogen-bond acceptors (Lipinski definition) is 8. The molecule has 3 aromatic rings. The number of nitrogens with zero attached hydrogens (tertiary/aromatic N) is 2. The van der Waals surface area contributed by atoms with Gasteiger partial charge in [-0.1, -0.05) is 31.1 Å². The minimum Gasteiger partial charge on any atom is -0.497 e. The van der Waals surface area contributed by atoms with Crippen molar-refractivity contribution in [2.45, 2.75) is 30.2 Å². The molecule has 0 aliphatic carbocycles. The van der Waals surface area contributed by atoms with Crippen LogP contribution in [0.25, 0.3) is 11.4 Å². The lowest BCUT2D eigenvalue weighted by molar-refractivity contribution is -0.118. The number of rotatable bonds is 9. The van der Waals surface area contributed by atoms with Crippen molar-refractivity contribution in [3.8, 4) is 17.1 Å². The number of amides is 1. The van der Waals surface area contributed by atoms with Crippen LogP contribution in [0.4, 0.5) is 5.69 Å². The van der Waals surface area contributed by atoms with E-state index in [1.54, 1.807) is 51.3 Å². The highest BCUT2D eigenvalue weighted by Crippen LogP contribution is 2.29. The van der Waals surface area contributed by atoms with Crippen LogP contribution >= 0.6 is 11.8 Å². The number of sulfonamides is 1. The molecule has 0 aliphatic rings. The van der Waals surface area contributed by atoms with Crippen LogP contribution in [-0.4, -0.2) is 37.8 Å². The molecule has 0 fully saturated rings. The highest BCUT2D eigenvalue weighted by Gasteiger charge is 2.19. The normalized spacial score (nSPS) is 11.5. The minimum absolute atomic E-state index is 0.0156. The fourth-order valence-electron chi connectivity index (χ4n) is 2.68. The molecule has 2 aromatic carbocycles. The predicted octanol–water partition coefficient (Wildman–Crippen LogP) is 3.54. The standard InChI is InChI=1S/C21H24N4O5S2/c1-13(2)21(26)23-17-11-16(8-9-18(17)31-4)32(27,28)22-12-19-24-20(25-30-19)14-6-5-7-15(10-14)29-3/h5-11,13,22H,12H2,1-4H3,(H,23,26). The average molecular weight is 477 g/mol. The van der Waals surface area contributed by atoms with Gasteiger partial charge in [0.05, 0.1) is 24.2 Å². The van der Waals surface area contributed by atoms with Gasteiger partial charge in [-0.25, -0.2) is 13.1 Å². The summed E-state index contributed by atoms with van der Waals surface area (Å²) >= 11 is 1.41. The molecule has 170 valence electrons. The maximum absolute atomic E-state index is 12.8. The summed E-state index contributed by atoms with van der Waals surface area (Å²) in [4.78, 5) is 17.1. The highest BCUT2D eigenvalue weighted by molar-refractivity contribution is 7.98. The Morgan fingerprint density at radius 1 is 1.22 bits per heavy atom. The molecule has 0 aliphatic heterocycles. The molecule has 9 nitrogen and oxygen atoms in total. The molecule has 3 rings (SSSR count). The van der Waals surface area contributed by atoms with Gasteiger partial charge in [0.1, 0.15) is 5.75 Å². The molecule has 1 amide bonds. The SMILES string of the molecule is COc1cccc(-c2noc(CNS(=O)(=O)c3ccc(SC)c(NC(=O)C(C)C)c3)n2)c1. The third-order valence-corrected chi connectivity index (χ3v) is 6.67. The number of methoxy groups -OCH3 is 1. The van der Waals surface area contributed by atoms with Crippen molar-refractivity contribution < 1.29 is 22.5 Å². The third kappa shape index (κ3) is 5.67. The Morgan fingerprint density at radius 2 is 2.00 bits per heavy atom. The number of benzene rings is 2. The molecule has 0 saturated heterocycles. The Morgan fingerprint density at radius 3 is 2.69 bits per heavy atom. The Bertz CT molecular complexity index is 1210. The molecule has 0 spiro atoms. The Balaban J connectivity index is 1.75. The van der Waals surface area contributed by atoms with Crippen molar-refractivity contribution in [3.05, 3.63) is 48.4 Å². The molecule has 0 radical (unpaired) electrons. The first kappa shape index (κ1) is 23.8. The molecular weight excluding hydrogens is 452 g/mol. The van der Waals surface area contributed by atoms with Gasteiger partial charge in [-0.05, 0) is 36.6 Å². The van der Waals surface area contributed by atoms with Crippen LogP contribution in [0.3, 0.4) is 0 Å². The molecule has 1 aromatic heterocycles. The minimum atomic E-state index is -3.89. The molecule has 0 saturated carbocycles. The van der Waals surface area contributed by atoms with E-state index in [0.717, 1.165) is 4.90 Å². The summed E-state index contributed by atoms with van der Waals surface area (Å²) in [5.41, 5.74) is 1.12. The second-order valence-corrected chi connectivity index (χ2v) is 9.69. The Kier molecular flexibility index (Phi) is 7.54. The van der Waals surface area contributed by atoms with Crippen LogP contribution < -0.4 is 14.8 Å². The highest BCUT2D eigenvalue weighted by atomic mass is 32.2. The van der Waals surface area contributed by atoms with E-state index in [4.69, 9.17) is 9.26 Å². The number of nitrogens with one attached hydrogen (secondary N) is 2. The zero-order valence-electron chi connectivity index (χ0n) is 18.1. The summed E-state index contributed by atoms with van der Waals surface area (Å²) < 4.78 is 38.4. The number of carbonyl (C=O) groups is 1. The third-order valence-electron chi connectivity index (χ3n) is 4.47. The number of carbonyl (C=O) groups excluding carboxylic acids is 1. The van der Waals surface area contributed by atoms with Crippen molar-refractivity contribution in [2.24, 2.45) is 5.92 Å². The molecule has 11 heteroatoms. The smallest absolute Gasteiger partial charge is 0.242 e. The summed E-state index contributed by atoms with van der Waals surface area (Å²) in [5.74, 6) is 0.642. The largest absolute Gasteiger partial charge is 0.497 e. The monoisotopic (exact) mass is 476 g/mol. The van der Waals surface area contributed by atoms with E-state index in [1.165, 1.54) is 23.9 Å². The zero-order valence-corrected chi connectivity index (χ0v) is 19.7. The van der Waals surface area contributed by atoms with Gasteiger partial charge in [0.25, 0.3) is 0 Å². The lowest BCUT2D eigenvalue weighted by atomic mass is 10.2. The van der Waals surface area contributed by atoms with E-state index in [1.807, 2.05) is 6.26 Å². The molecule has 32 heavy (non-hydrogen) atoms. The molecule has 2 N–H and O–H groups in total. The van der Waals surface area contributed by atoms with Gasteiger partial charge in [-0.15, -0.1) is 11.8 Å². The Hall–Kier alpha value is -2.89. The van der Waals surface area contributed by atoms with Crippen molar-refractivity contribution >= 4 is 33.4 Å². The number of hydrogen-bond donors (Lipinski definition) is 2. The van der Waals surface area contributed by atoms with Crippen molar-refractivity contribution in [1.82, 2.24) is 14.9 Å². The van der Waals surface area contributed by atoms with Crippen molar-refractivity contribution in [3.63, 3.8) is 0 Å². The second kappa shape index (κ2) is 10.2. The van der Waals surface area contributed by atoms with Gasteiger partial charge in [-0.3, -0.25) is 4.79 Å². The molecule has 0 unspecified atom stereocenters. The first-order chi connectivity index (χ1) is 15.2. The molecule has 1 heterocycles. The van der Waals surface area contributed by atoms with Gasteiger partial charge in [0, 0.05) is 16.4 Å². The van der Waals surface area contributed by atoms with E-state index in [2.05, 4.69) is 20.2 Å². The molecule has 0 atom stereocenters. The van der Waals surface area contributed by atoms with Gasteiger partial charge in [-0.2, -0.15) is 4.98 Å². The summed E-state index contributed by atoms with van der Waals surface area (Å²) in [5, 5.41) is 6.67. The summed E-state index contributed by atoms with van der Waals surface area (Å²) in [7, 11) is -2.33. The van der Waals surface area contributed by atoms with Crippen molar-refractivity contribution in [2.75, 3.05) is 18.7 Å².